The summed E-state index contributed by atoms with van der Waals surface area (Å²) < 4.78 is 0. The average molecular weight is 168 g/mol. The molecule has 0 aliphatic heterocycles. The molecule has 0 radical (unpaired) electrons. The van der Waals surface area contributed by atoms with Crippen LogP contribution in [-0.2, 0) is 0 Å². The van der Waals surface area contributed by atoms with Crippen LogP contribution in [0.1, 0.15) is 59.8 Å². The Labute approximate surface area is 77.7 Å². The van der Waals surface area contributed by atoms with Crippen LogP contribution in [0.5, 0.6) is 0 Å². The van der Waals surface area contributed by atoms with E-state index in [0.29, 0.717) is 5.41 Å². The van der Waals surface area contributed by atoms with Crippen molar-refractivity contribution in [3.63, 3.8) is 0 Å². The number of rotatable bonds is 2. The quantitative estimate of drug-likeness (QED) is 0.578. The van der Waals surface area contributed by atoms with Gasteiger partial charge in [0.05, 0.1) is 0 Å². The Hall–Kier alpha value is 0. The minimum absolute atomic E-state index is 0.659. The van der Waals surface area contributed by atoms with Gasteiger partial charge in [-0.3, -0.25) is 0 Å². The first-order valence-corrected chi connectivity index (χ1v) is 5.62. The fraction of sp³-hybridized carbons (Fsp3) is 1.00. The van der Waals surface area contributed by atoms with Gasteiger partial charge >= 0.3 is 0 Å². The summed E-state index contributed by atoms with van der Waals surface area (Å²) in [7, 11) is 0. The van der Waals surface area contributed by atoms with E-state index in [1.807, 2.05) is 0 Å². The van der Waals surface area contributed by atoms with Gasteiger partial charge in [0.2, 0.25) is 0 Å². The van der Waals surface area contributed by atoms with Crippen molar-refractivity contribution in [2.45, 2.75) is 59.8 Å². The molecule has 0 amide bonds. The van der Waals surface area contributed by atoms with E-state index in [1.165, 1.54) is 32.1 Å². The van der Waals surface area contributed by atoms with Crippen LogP contribution in [0.25, 0.3) is 0 Å². The lowest BCUT2D eigenvalue weighted by atomic mass is 9.62. The summed E-state index contributed by atoms with van der Waals surface area (Å²) in [5.74, 6) is 1.97. The van der Waals surface area contributed by atoms with Crippen molar-refractivity contribution in [3.05, 3.63) is 0 Å². The SMILES string of the molecule is CCC1CCC(C)CC1(C)CC. The van der Waals surface area contributed by atoms with Gasteiger partial charge in [0.25, 0.3) is 0 Å². The van der Waals surface area contributed by atoms with Crippen LogP contribution >= 0.6 is 0 Å². The molecule has 0 aromatic carbocycles. The average Bonchev–Trinajstić information content (AvgIpc) is 2.05. The monoisotopic (exact) mass is 168 g/mol. The third-order valence-electron chi connectivity index (χ3n) is 4.11. The van der Waals surface area contributed by atoms with Crippen molar-refractivity contribution < 1.29 is 0 Å². The van der Waals surface area contributed by atoms with Crippen LogP contribution in [-0.4, -0.2) is 0 Å². The van der Waals surface area contributed by atoms with Gasteiger partial charge in [0, 0.05) is 0 Å². The maximum atomic E-state index is 2.50. The predicted molar refractivity (Wildman–Crippen MR) is 55.2 cm³/mol. The van der Waals surface area contributed by atoms with Crippen molar-refractivity contribution >= 4 is 0 Å². The first kappa shape index (κ1) is 10.1. The van der Waals surface area contributed by atoms with Crippen LogP contribution in [0.2, 0.25) is 0 Å². The number of hydrogen-bond donors (Lipinski definition) is 0. The van der Waals surface area contributed by atoms with E-state index in [9.17, 15) is 0 Å². The van der Waals surface area contributed by atoms with Crippen LogP contribution in [0.3, 0.4) is 0 Å². The van der Waals surface area contributed by atoms with Gasteiger partial charge in [0.15, 0.2) is 0 Å². The van der Waals surface area contributed by atoms with Gasteiger partial charge in [-0.1, -0.05) is 47.0 Å². The highest BCUT2D eigenvalue weighted by Gasteiger charge is 2.36. The van der Waals surface area contributed by atoms with Gasteiger partial charge in [0.1, 0.15) is 0 Å². The van der Waals surface area contributed by atoms with Crippen LogP contribution in [0, 0.1) is 17.3 Å². The van der Waals surface area contributed by atoms with Crippen LogP contribution < -0.4 is 0 Å². The first-order valence-electron chi connectivity index (χ1n) is 5.62. The molecule has 0 aromatic rings. The lowest BCUT2D eigenvalue weighted by Crippen LogP contribution is -2.33. The van der Waals surface area contributed by atoms with Crippen molar-refractivity contribution in [1.29, 1.82) is 0 Å². The zero-order valence-electron chi connectivity index (χ0n) is 9.19. The second kappa shape index (κ2) is 3.81. The third-order valence-corrected chi connectivity index (χ3v) is 4.11. The molecule has 0 heteroatoms. The first-order chi connectivity index (χ1) is 5.62. The zero-order chi connectivity index (χ0) is 9.19. The molecule has 0 nitrogen and oxygen atoms in total. The van der Waals surface area contributed by atoms with Gasteiger partial charge < -0.3 is 0 Å². The Bertz CT molecular complexity index is 139. The summed E-state index contributed by atoms with van der Waals surface area (Å²) in [5, 5.41) is 0. The van der Waals surface area contributed by atoms with Gasteiger partial charge in [-0.25, -0.2) is 0 Å². The van der Waals surface area contributed by atoms with Crippen molar-refractivity contribution in [2.24, 2.45) is 17.3 Å². The summed E-state index contributed by atoms with van der Waals surface area (Å²) in [6.45, 7) is 9.63. The van der Waals surface area contributed by atoms with Crippen LogP contribution in [0.4, 0.5) is 0 Å². The zero-order valence-corrected chi connectivity index (χ0v) is 9.19. The molecule has 1 saturated carbocycles. The highest BCUT2D eigenvalue weighted by molar-refractivity contribution is 4.86. The van der Waals surface area contributed by atoms with Crippen molar-refractivity contribution in [2.75, 3.05) is 0 Å². The van der Waals surface area contributed by atoms with Gasteiger partial charge in [-0.05, 0) is 30.1 Å². The molecule has 1 rings (SSSR count). The minimum atomic E-state index is 0.659. The van der Waals surface area contributed by atoms with Gasteiger partial charge in [-0.2, -0.15) is 0 Å². The Morgan fingerprint density at radius 1 is 1.25 bits per heavy atom. The Balaban J connectivity index is 2.63. The Kier molecular flexibility index (Phi) is 3.20. The molecule has 1 fully saturated rings. The Morgan fingerprint density at radius 3 is 2.42 bits per heavy atom. The van der Waals surface area contributed by atoms with E-state index in [0.717, 1.165) is 11.8 Å². The molecule has 0 saturated heterocycles. The topological polar surface area (TPSA) is 0 Å². The molecular formula is C12H24. The van der Waals surface area contributed by atoms with E-state index >= 15 is 0 Å². The lowest BCUT2D eigenvalue weighted by molar-refractivity contribution is 0.0746. The second-order valence-corrected chi connectivity index (χ2v) is 5.00. The molecular weight excluding hydrogens is 144 g/mol. The maximum absolute atomic E-state index is 2.50. The van der Waals surface area contributed by atoms with Crippen molar-refractivity contribution in [3.8, 4) is 0 Å². The second-order valence-electron chi connectivity index (χ2n) is 5.00. The molecule has 0 heterocycles. The lowest BCUT2D eigenvalue weighted by Gasteiger charge is -2.43. The molecule has 0 spiro atoms. The summed E-state index contributed by atoms with van der Waals surface area (Å²) in [4.78, 5) is 0. The molecule has 0 bridgehead atoms. The highest BCUT2D eigenvalue weighted by Crippen LogP contribution is 2.47. The summed E-state index contributed by atoms with van der Waals surface area (Å²) in [6, 6.07) is 0. The maximum Gasteiger partial charge on any atom is -0.0298 e. The molecule has 0 N–H and O–H groups in total. The summed E-state index contributed by atoms with van der Waals surface area (Å²) in [5.41, 5.74) is 0.659. The highest BCUT2D eigenvalue weighted by atomic mass is 14.4. The molecule has 1 aliphatic carbocycles. The molecule has 3 unspecified atom stereocenters. The van der Waals surface area contributed by atoms with E-state index in [-0.39, 0.29) is 0 Å². The molecule has 3 atom stereocenters. The summed E-state index contributed by atoms with van der Waals surface area (Å²) >= 11 is 0. The largest absolute Gasteiger partial charge is 0.0651 e. The van der Waals surface area contributed by atoms with Crippen LogP contribution in [0.15, 0.2) is 0 Å². The van der Waals surface area contributed by atoms with Crippen molar-refractivity contribution in [1.82, 2.24) is 0 Å². The van der Waals surface area contributed by atoms with E-state index in [1.54, 1.807) is 0 Å². The minimum Gasteiger partial charge on any atom is -0.0651 e. The smallest absolute Gasteiger partial charge is 0.0298 e. The molecule has 72 valence electrons. The molecule has 12 heavy (non-hydrogen) atoms. The van der Waals surface area contributed by atoms with E-state index < -0.39 is 0 Å². The van der Waals surface area contributed by atoms with E-state index in [2.05, 4.69) is 27.7 Å². The molecule has 0 aromatic heterocycles. The fourth-order valence-corrected chi connectivity index (χ4v) is 3.03. The van der Waals surface area contributed by atoms with Gasteiger partial charge in [-0.15, -0.1) is 0 Å². The summed E-state index contributed by atoms with van der Waals surface area (Å²) in [6.07, 6.45) is 7.16. The predicted octanol–water partition coefficient (Wildman–Crippen LogP) is 4.25. The fourth-order valence-electron chi connectivity index (χ4n) is 3.03. The Morgan fingerprint density at radius 2 is 1.92 bits per heavy atom. The third kappa shape index (κ3) is 1.84. The number of hydrogen-bond acceptors (Lipinski definition) is 0. The molecule has 1 aliphatic rings. The standard InChI is InChI=1S/C12H24/c1-5-11-8-7-10(3)9-12(11,4)6-2/h10-11H,5-9H2,1-4H3. The normalized spacial score (nSPS) is 43.0. The van der Waals surface area contributed by atoms with E-state index in [4.69, 9.17) is 0 Å².